The van der Waals surface area contributed by atoms with Gasteiger partial charge >= 0.3 is 5.97 Å². The highest BCUT2D eigenvalue weighted by atomic mass is 127. The number of esters is 1. The minimum atomic E-state index is -0.867. The fourth-order valence-electron chi connectivity index (χ4n) is 4.88. The summed E-state index contributed by atoms with van der Waals surface area (Å²) >= 11 is 10.6. The van der Waals surface area contributed by atoms with Crippen LogP contribution >= 0.6 is 65.8 Å². The fraction of sp³-hybridized carbons (Fsp3) is 0.219. The summed E-state index contributed by atoms with van der Waals surface area (Å²) in [7, 11) is 3.05. The number of nitrogens with zero attached hydrogens (tertiary/aromatic N) is 2. The van der Waals surface area contributed by atoms with Crippen molar-refractivity contribution >= 4 is 77.8 Å². The van der Waals surface area contributed by atoms with E-state index in [4.69, 9.17) is 18.9 Å². The van der Waals surface area contributed by atoms with E-state index in [-0.39, 0.29) is 30.2 Å². The molecule has 0 saturated carbocycles. The van der Waals surface area contributed by atoms with Gasteiger partial charge in [-0.3, -0.25) is 9.36 Å². The summed E-state index contributed by atoms with van der Waals surface area (Å²) in [5.41, 5.74) is 2.38. The van der Waals surface area contributed by atoms with E-state index in [0.29, 0.717) is 47.9 Å². The standard InChI is InChI=1S/C32H26Br2FIN2O6S/c1-5-43-31(40)27-16(2)37-32-38(28(27)21-13-24(41-3)25(42-4)14-22(21)34)30(39)26(45-32)11-18-10-19(33)12-23(36)29(18)44-15-17-6-8-20(35)9-7-17/h6-14,28H,5,15H2,1-4H3/b26-11-/t28-/m1/s1. The molecule has 4 aromatic rings. The van der Waals surface area contributed by atoms with Gasteiger partial charge in [0.2, 0.25) is 0 Å². The first-order valence-corrected chi connectivity index (χ1v) is 17.0. The van der Waals surface area contributed by atoms with Crippen LogP contribution in [0.15, 0.2) is 78.5 Å². The van der Waals surface area contributed by atoms with Gasteiger partial charge < -0.3 is 18.9 Å². The number of hydrogen-bond donors (Lipinski definition) is 0. The van der Waals surface area contributed by atoms with Gasteiger partial charge in [-0.25, -0.2) is 14.2 Å². The van der Waals surface area contributed by atoms with Crippen molar-refractivity contribution in [2.45, 2.75) is 26.5 Å². The smallest absolute Gasteiger partial charge is 0.338 e. The number of carbonyl (C=O) groups excluding carboxylic acids is 1. The molecule has 0 amide bonds. The van der Waals surface area contributed by atoms with Crippen LogP contribution in [0.2, 0.25) is 0 Å². The van der Waals surface area contributed by atoms with E-state index in [1.807, 2.05) is 12.1 Å². The molecule has 1 aliphatic heterocycles. The van der Waals surface area contributed by atoms with Gasteiger partial charge in [-0.2, -0.15) is 0 Å². The maximum Gasteiger partial charge on any atom is 0.338 e. The molecule has 0 bridgehead atoms. The lowest BCUT2D eigenvalue weighted by Gasteiger charge is -2.26. The SMILES string of the molecule is CCOC(=O)C1=C(C)N=c2s/c(=C\c3cc(Br)cc(I)c3OCc3ccc(F)cc3)c(=O)n2[C@@H]1c1cc(OC)c(OC)cc1Br. The van der Waals surface area contributed by atoms with Crippen molar-refractivity contribution in [1.82, 2.24) is 4.57 Å². The highest BCUT2D eigenvalue weighted by Crippen LogP contribution is 2.41. The number of allylic oxidation sites excluding steroid dienone is 1. The first kappa shape index (κ1) is 33.4. The number of methoxy groups -OCH3 is 2. The summed E-state index contributed by atoms with van der Waals surface area (Å²) in [6, 6.07) is 12.5. The van der Waals surface area contributed by atoms with Crippen LogP contribution in [-0.4, -0.2) is 31.4 Å². The van der Waals surface area contributed by atoms with Gasteiger partial charge in [0.25, 0.3) is 5.56 Å². The van der Waals surface area contributed by atoms with Gasteiger partial charge in [-0.1, -0.05) is 55.3 Å². The lowest BCUT2D eigenvalue weighted by atomic mass is 9.95. The van der Waals surface area contributed by atoms with Crippen LogP contribution in [-0.2, 0) is 16.1 Å². The Morgan fingerprint density at radius 2 is 1.80 bits per heavy atom. The zero-order chi connectivity index (χ0) is 32.4. The van der Waals surface area contributed by atoms with Gasteiger partial charge in [0.05, 0.1) is 46.2 Å². The van der Waals surface area contributed by atoms with Crippen molar-refractivity contribution in [3.8, 4) is 17.2 Å². The molecule has 0 fully saturated rings. The number of thiazole rings is 1. The molecule has 0 aliphatic carbocycles. The average molecular weight is 872 g/mol. The molecule has 3 aromatic carbocycles. The largest absolute Gasteiger partial charge is 0.493 e. The molecule has 1 aromatic heterocycles. The second-order valence-electron chi connectivity index (χ2n) is 9.75. The normalized spacial score (nSPS) is 14.6. The Balaban J connectivity index is 1.69. The molecule has 0 N–H and O–H groups in total. The summed E-state index contributed by atoms with van der Waals surface area (Å²) in [6.45, 7) is 3.81. The highest BCUT2D eigenvalue weighted by molar-refractivity contribution is 14.1. The predicted molar refractivity (Wildman–Crippen MR) is 185 cm³/mol. The van der Waals surface area contributed by atoms with E-state index < -0.39 is 12.0 Å². The predicted octanol–water partition coefficient (Wildman–Crippen LogP) is 6.66. The second-order valence-corrected chi connectivity index (χ2v) is 13.7. The highest BCUT2D eigenvalue weighted by Gasteiger charge is 2.35. The zero-order valence-electron chi connectivity index (χ0n) is 24.5. The molecular formula is C32H26Br2FIN2O6S. The number of hydrogen-bond acceptors (Lipinski definition) is 8. The maximum atomic E-state index is 14.3. The molecule has 2 heterocycles. The lowest BCUT2D eigenvalue weighted by molar-refractivity contribution is -0.139. The first-order valence-electron chi connectivity index (χ1n) is 13.5. The summed E-state index contributed by atoms with van der Waals surface area (Å²) < 4.78 is 40.2. The van der Waals surface area contributed by atoms with Crippen LogP contribution in [0.1, 0.15) is 36.6 Å². The van der Waals surface area contributed by atoms with Crippen molar-refractivity contribution in [1.29, 1.82) is 0 Å². The van der Waals surface area contributed by atoms with E-state index >= 15 is 0 Å². The van der Waals surface area contributed by atoms with Crippen LogP contribution < -0.4 is 29.1 Å². The molecule has 8 nitrogen and oxygen atoms in total. The first-order chi connectivity index (χ1) is 21.6. The van der Waals surface area contributed by atoms with Gasteiger partial charge in [0.15, 0.2) is 16.3 Å². The van der Waals surface area contributed by atoms with Crippen molar-refractivity contribution in [2.24, 2.45) is 4.99 Å². The van der Waals surface area contributed by atoms with Crippen molar-refractivity contribution in [3.05, 3.63) is 115 Å². The average Bonchev–Trinajstić information content (AvgIpc) is 3.30. The zero-order valence-corrected chi connectivity index (χ0v) is 30.6. The van der Waals surface area contributed by atoms with Crippen LogP contribution in [0.5, 0.6) is 17.2 Å². The van der Waals surface area contributed by atoms with Crippen LogP contribution in [0, 0.1) is 9.39 Å². The van der Waals surface area contributed by atoms with E-state index in [1.165, 1.54) is 42.3 Å². The third-order valence-electron chi connectivity index (χ3n) is 6.93. The van der Waals surface area contributed by atoms with E-state index in [1.54, 1.807) is 44.2 Å². The maximum absolute atomic E-state index is 14.3. The molecule has 0 unspecified atom stereocenters. The molecule has 234 valence electrons. The number of halogens is 4. The van der Waals surface area contributed by atoms with Gasteiger partial charge in [-0.05, 0) is 90.0 Å². The monoisotopic (exact) mass is 870 g/mol. The van der Waals surface area contributed by atoms with E-state index in [2.05, 4.69) is 59.4 Å². The number of rotatable bonds is 9. The molecule has 5 rings (SSSR count). The molecule has 0 spiro atoms. The van der Waals surface area contributed by atoms with Gasteiger partial charge in [0.1, 0.15) is 18.2 Å². The van der Waals surface area contributed by atoms with Crippen LogP contribution in [0.25, 0.3) is 6.08 Å². The van der Waals surface area contributed by atoms with E-state index in [9.17, 15) is 14.0 Å². The Kier molecular flexibility index (Phi) is 10.5. The Morgan fingerprint density at radius 3 is 2.47 bits per heavy atom. The lowest BCUT2D eigenvalue weighted by Crippen LogP contribution is -2.40. The molecule has 13 heteroatoms. The molecule has 1 aliphatic rings. The summed E-state index contributed by atoms with van der Waals surface area (Å²) in [5.74, 6) is 0.584. The third-order valence-corrected chi connectivity index (χ3v) is 9.86. The van der Waals surface area contributed by atoms with Gasteiger partial charge in [-0.15, -0.1) is 0 Å². The Bertz CT molecular complexity index is 2010. The van der Waals surface area contributed by atoms with Crippen LogP contribution in [0.3, 0.4) is 0 Å². The summed E-state index contributed by atoms with van der Waals surface area (Å²) in [6.07, 6.45) is 1.75. The fourth-order valence-corrected chi connectivity index (χ4v) is 8.17. The van der Waals surface area contributed by atoms with Crippen molar-refractivity contribution < 1.29 is 28.1 Å². The Hall–Kier alpha value is -3.01. The second kappa shape index (κ2) is 14.2. The van der Waals surface area contributed by atoms with E-state index in [0.717, 1.165) is 13.6 Å². The Labute approximate surface area is 292 Å². The summed E-state index contributed by atoms with van der Waals surface area (Å²) in [5, 5.41) is 0. The number of fused-ring (bicyclic) bond motifs is 1. The van der Waals surface area contributed by atoms with Crippen molar-refractivity contribution in [3.63, 3.8) is 0 Å². The quantitative estimate of drug-likeness (QED) is 0.138. The minimum Gasteiger partial charge on any atom is -0.493 e. The van der Waals surface area contributed by atoms with Crippen molar-refractivity contribution in [2.75, 3.05) is 20.8 Å². The molecule has 45 heavy (non-hydrogen) atoms. The number of ether oxygens (including phenoxy) is 4. The topological polar surface area (TPSA) is 88.4 Å². The summed E-state index contributed by atoms with van der Waals surface area (Å²) in [4.78, 5) is 32.7. The molecule has 0 saturated heterocycles. The molecular weight excluding hydrogens is 846 g/mol. The number of carbonyl (C=O) groups is 1. The van der Waals surface area contributed by atoms with Gasteiger partial charge in [0, 0.05) is 14.5 Å². The molecule has 1 atom stereocenters. The Morgan fingerprint density at radius 1 is 1.11 bits per heavy atom. The third kappa shape index (κ3) is 6.91. The number of benzene rings is 3. The molecule has 0 radical (unpaired) electrons. The number of aromatic nitrogens is 1. The minimum absolute atomic E-state index is 0.155. The van der Waals surface area contributed by atoms with Crippen LogP contribution in [0.4, 0.5) is 4.39 Å².